The third-order valence-corrected chi connectivity index (χ3v) is 4.96. The van der Waals surface area contributed by atoms with E-state index in [9.17, 15) is 4.79 Å². The summed E-state index contributed by atoms with van der Waals surface area (Å²) in [5.74, 6) is 2.64. The molecule has 2 heterocycles. The Labute approximate surface area is 137 Å². The van der Waals surface area contributed by atoms with E-state index in [1.54, 1.807) is 14.0 Å². The Balaban J connectivity index is 1.64. The van der Waals surface area contributed by atoms with Crippen molar-refractivity contribution in [2.45, 2.75) is 44.7 Å². The van der Waals surface area contributed by atoms with Gasteiger partial charge in [-0.2, -0.15) is 0 Å². The largest absolute Gasteiger partial charge is 0.383 e. The molecule has 1 aromatic heterocycles. The van der Waals surface area contributed by atoms with Crippen LogP contribution in [0.4, 0.5) is 0 Å². The van der Waals surface area contributed by atoms with Crippen molar-refractivity contribution in [3.05, 3.63) is 11.6 Å². The zero-order valence-electron chi connectivity index (χ0n) is 14.4. The Morgan fingerprint density at radius 3 is 2.78 bits per heavy atom. The van der Waals surface area contributed by atoms with E-state index in [2.05, 4.69) is 19.7 Å². The summed E-state index contributed by atoms with van der Waals surface area (Å²) in [6.45, 7) is 5.79. The quantitative estimate of drug-likeness (QED) is 0.742. The summed E-state index contributed by atoms with van der Waals surface area (Å²) in [6.07, 6.45) is 3.43. The lowest BCUT2D eigenvalue weighted by atomic mass is 10.2. The molecule has 1 aliphatic heterocycles. The highest BCUT2D eigenvalue weighted by Crippen LogP contribution is 2.38. The minimum absolute atomic E-state index is 0.111. The van der Waals surface area contributed by atoms with Crippen LogP contribution in [0.15, 0.2) is 0 Å². The summed E-state index contributed by atoms with van der Waals surface area (Å²) in [4.78, 5) is 16.5. The fourth-order valence-corrected chi connectivity index (χ4v) is 3.35. The number of methoxy groups -OCH3 is 1. The fraction of sp³-hybridized carbons (Fsp3) is 0.812. The molecule has 2 fully saturated rings. The van der Waals surface area contributed by atoms with Gasteiger partial charge in [-0.3, -0.25) is 9.69 Å². The highest BCUT2D eigenvalue weighted by molar-refractivity contribution is 5.73. The zero-order valence-corrected chi connectivity index (χ0v) is 14.4. The molecule has 1 amide bonds. The van der Waals surface area contributed by atoms with Crippen molar-refractivity contribution in [3.8, 4) is 0 Å². The van der Waals surface area contributed by atoms with Crippen LogP contribution in [0.2, 0.25) is 0 Å². The molecule has 7 nitrogen and oxygen atoms in total. The van der Waals surface area contributed by atoms with Crippen molar-refractivity contribution in [2.24, 2.45) is 7.05 Å². The van der Waals surface area contributed by atoms with E-state index < -0.39 is 0 Å². The van der Waals surface area contributed by atoms with Gasteiger partial charge in [0.15, 0.2) is 5.82 Å². The Morgan fingerprint density at radius 2 is 2.13 bits per heavy atom. The summed E-state index contributed by atoms with van der Waals surface area (Å²) in [7, 11) is 3.74. The first-order valence-electron chi connectivity index (χ1n) is 8.46. The van der Waals surface area contributed by atoms with E-state index >= 15 is 0 Å². The molecule has 1 atom stereocenters. The second kappa shape index (κ2) is 6.97. The van der Waals surface area contributed by atoms with Crippen LogP contribution in [0.5, 0.6) is 0 Å². The minimum Gasteiger partial charge on any atom is -0.383 e. The van der Waals surface area contributed by atoms with Crippen molar-refractivity contribution in [2.75, 3.05) is 33.4 Å². The van der Waals surface area contributed by atoms with Gasteiger partial charge in [-0.1, -0.05) is 0 Å². The standard InChI is InChI=1S/C16H27N5O2/c1-12(22)21(14-6-7-20(10-14)8-9-23-3)11-15-17-18-16(19(15)2)13-4-5-13/h13-14H,4-11H2,1-3H3. The summed E-state index contributed by atoms with van der Waals surface area (Å²) >= 11 is 0. The second-order valence-corrected chi connectivity index (χ2v) is 6.69. The lowest BCUT2D eigenvalue weighted by Crippen LogP contribution is -2.41. The molecule has 0 aromatic carbocycles. The van der Waals surface area contributed by atoms with E-state index in [-0.39, 0.29) is 11.9 Å². The maximum atomic E-state index is 12.1. The molecule has 1 unspecified atom stereocenters. The van der Waals surface area contributed by atoms with Crippen molar-refractivity contribution < 1.29 is 9.53 Å². The van der Waals surface area contributed by atoms with Gasteiger partial charge in [-0.05, 0) is 19.3 Å². The molecule has 1 aliphatic carbocycles. The average Bonchev–Trinajstić information content (AvgIpc) is 3.15. The van der Waals surface area contributed by atoms with Crippen molar-refractivity contribution in [1.29, 1.82) is 0 Å². The number of carbonyl (C=O) groups is 1. The van der Waals surface area contributed by atoms with Gasteiger partial charge in [0.2, 0.25) is 5.91 Å². The highest BCUT2D eigenvalue weighted by atomic mass is 16.5. The van der Waals surface area contributed by atoms with E-state index in [0.29, 0.717) is 12.5 Å². The topological polar surface area (TPSA) is 63.5 Å². The third-order valence-electron chi connectivity index (χ3n) is 4.96. The first-order chi connectivity index (χ1) is 11.1. The van der Waals surface area contributed by atoms with Crippen LogP contribution in [-0.4, -0.2) is 69.9 Å². The summed E-state index contributed by atoms with van der Waals surface area (Å²) in [5.41, 5.74) is 0. The molecule has 1 aromatic rings. The monoisotopic (exact) mass is 321 g/mol. The van der Waals surface area contributed by atoms with Gasteiger partial charge in [0.05, 0.1) is 13.2 Å². The van der Waals surface area contributed by atoms with Gasteiger partial charge in [0.25, 0.3) is 0 Å². The van der Waals surface area contributed by atoms with Crippen molar-refractivity contribution in [3.63, 3.8) is 0 Å². The Bertz CT molecular complexity index is 555. The van der Waals surface area contributed by atoms with E-state index in [4.69, 9.17) is 4.74 Å². The van der Waals surface area contributed by atoms with Crippen LogP contribution in [0, 0.1) is 0 Å². The van der Waals surface area contributed by atoms with Crippen LogP contribution in [0.1, 0.15) is 43.8 Å². The van der Waals surface area contributed by atoms with Crippen LogP contribution in [0.25, 0.3) is 0 Å². The predicted molar refractivity (Wildman–Crippen MR) is 85.9 cm³/mol. The van der Waals surface area contributed by atoms with Gasteiger partial charge >= 0.3 is 0 Å². The average molecular weight is 321 g/mol. The van der Waals surface area contributed by atoms with Gasteiger partial charge in [0.1, 0.15) is 5.82 Å². The maximum Gasteiger partial charge on any atom is 0.220 e. The molecule has 0 spiro atoms. The number of aromatic nitrogens is 3. The molecule has 3 rings (SSSR count). The first kappa shape index (κ1) is 16.4. The van der Waals surface area contributed by atoms with Crippen LogP contribution in [-0.2, 0) is 23.1 Å². The maximum absolute atomic E-state index is 12.1. The number of carbonyl (C=O) groups excluding carboxylic acids is 1. The lowest BCUT2D eigenvalue weighted by Gasteiger charge is -2.27. The minimum atomic E-state index is 0.111. The van der Waals surface area contributed by atoms with Crippen molar-refractivity contribution >= 4 is 5.91 Å². The molecule has 1 saturated heterocycles. The summed E-state index contributed by atoms with van der Waals surface area (Å²) in [6, 6.07) is 0.255. The van der Waals surface area contributed by atoms with E-state index in [1.165, 1.54) is 12.8 Å². The van der Waals surface area contributed by atoms with Gasteiger partial charge < -0.3 is 14.2 Å². The normalized spacial score (nSPS) is 21.8. The molecule has 0 bridgehead atoms. The molecule has 7 heteroatoms. The predicted octanol–water partition coefficient (Wildman–Crippen LogP) is 0.762. The number of hydrogen-bond acceptors (Lipinski definition) is 5. The molecular weight excluding hydrogens is 294 g/mol. The number of rotatable bonds is 7. The van der Waals surface area contributed by atoms with Gasteiger partial charge in [-0.15, -0.1) is 10.2 Å². The van der Waals surface area contributed by atoms with E-state index in [1.807, 2.05) is 11.9 Å². The van der Waals surface area contributed by atoms with E-state index in [0.717, 1.165) is 44.3 Å². The molecule has 23 heavy (non-hydrogen) atoms. The Morgan fingerprint density at radius 1 is 1.35 bits per heavy atom. The third kappa shape index (κ3) is 3.72. The number of amides is 1. The molecular formula is C16H27N5O2. The van der Waals surface area contributed by atoms with Crippen LogP contribution >= 0.6 is 0 Å². The molecule has 0 radical (unpaired) electrons. The van der Waals surface area contributed by atoms with Gasteiger partial charge in [0, 0.05) is 52.7 Å². The highest BCUT2D eigenvalue weighted by Gasteiger charge is 2.32. The zero-order chi connectivity index (χ0) is 16.4. The number of likely N-dealkylation sites (tertiary alicyclic amines) is 1. The summed E-state index contributed by atoms with van der Waals surface area (Å²) in [5, 5.41) is 8.64. The first-order valence-corrected chi connectivity index (χ1v) is 8.46. The second-order valence-electron chi connectivity index (χ2n) is 6.69. The molecule has 0 N–H and O–H groups in total. The molecule has 1 saturated carbocycles. The van der Waals surface area contributed by atoms with Crippen LogP contribution < -0.4 is 0 Å². The smallest absolute Gasteiger partial charge is 0.220 e. The summed E-state index contributed by atoms with van der Waals surface area (Å²) < 4.78 is 7.22. The molecule has 2 aliphatic rings. The Kier molecular flexibility index (Phi) is 4.96. The van der Waals surface area contributed by atoms with Crippen LogP contribution in [0.3, 0.4) is 0 Å². The number of ether oxygens (including phenoxy) is 1. The SMILES string of the molecule is COCCN1CCC(N(Cc2nnc(C3CC3)n2C)C(C)=O)C1. The number of hydrogen-bond donors (Lipinski definition) is 0. The number of nitrogens with zero attached hydrogens (tertiary/aromatic N) is 5. The van der Waals surface area contributed by atoms with Gasteiger partial charge in [-0.25, -0.2) is 0 Å². The van der Waals surface area contributed by atoms with Crippen molar-refractivity contribution in [1.82, 2.24) is 24.6 Å². The fourth-order valence-electron chi connectivity index (χ4n) is 3.35. The molecule has 128 valence electrons. The lowest BCUT2D eigenvalue weighted by molar-refractivity contribution is -0.131. The Hall–Kier alpha value is -1.47.